The Hall–Kier alpha value is -0.820. The van der Waals surface area contributed by atoms with Crippen molar-refractivity contribution in [3.63, 3.8) is 0 Å². The van der Waals surface area contributed by atoms with Crippen LogP contribution < -0.4 is 0 Å². The highest BCUT2D eigenvalue weighted by atomic mass is 16.3. The van der Waals surface area contributed by atoms with Gasteiger partial charge in [-0.05, 0) is 24.8 Å². The van der Waals surface area contributed by atoms with E-state index in [-0.39, 0.29) is 0 Å². The second kappa shape index (κ2) is 2.85. The summed E-state index contributed by atoms with van der Waals surface area (Å²) in [6.45, 7) is 4.19. The topological polar surface area (TPSA) is 20.2 Å². The van der Waals surface area contributed by atoms with Gasteiger partial charge in [0, 0.05) is 6.42 Å². The Kier molecular flexibility index (Phi) is 1.92. The monoisotopic (exact) mass is 176 g/mol. The third kappa shape index (κ3) is 1.75. The van der Waals surface area contributed by atoms with E-state index in [0.717, 1.165) is 12.8 Å². The molecule has 0 radical (unpaired) electrons. The lowest BCUT2D eigenvalue weighted by atomic mass is 10.0. The smallest absolute Gasteiger partial charge is 0.0718 e. The van der Waals surface area contributed by atoms with Gasteiger partial charge < -0.3 is 5.11 Å². The second-order valence-corrected chi connectivity index (χ2v) is 4.37. The third-order valence-corrected chi connectivity index (χ3v) is 3.05. The van der Waals surface area contributed by atoms with E-state index in [1.807, 2.05) is 0 Å². The fraction of sp³-hybridized carbons (Fsp3) is 0.500. The van der Waals surface area contributed by atoms with Crippen molar-refractivity contribution in [3.05, 3.63) is 35.4 Å². The van der Waals surface area contributed by atoms with Crippen LogP contribution in [0.5, 0.6) is 0 Å². The van der Waals surface area contributed by atoms with Gasteiger partial charge >= 0.3 is 0 Å². The van der Waals surface area contributed by atoms with Gasteiger partial charge in [-0.1, -0.05) is 36.8 Å². The van der Waals surface area contributed by atoms with E-state index in [2.05, 4.69) is 38.1 Å². The van der Waals surface area contributed by atoms with E-state index in [4.69, 9.17) is 0 Å². The molecule has 1 heteroatoms. The molecular formula is C12H16O. The average Bonchev–Trinajstić information content (AvgIpc) is 2.65. The van der Waals surface area contributed by atoms with E-state index in [9.17, 15) is 5.11 Å². The van der Waals surface area contributed by atoms with Gasteiger partial charge in [0.1, 0.15) is 0 Å². The van der Waals surface area contributed by atoms with Crippen LogP contribution in [0.1, 0.15) is 24.5 Å². The van der Waals surface area contributed by atoms with Crippen LogP contribution in [-0.4, -0.2) is 10.7 Å². The molecule has 13 heavy (non-hydrogen) atoms. The average molecular weight is 176 g/mol. The molecule has 1 aliphatic rings. The maximum Gasteiger partial charge on any atom is 0.0718 e. The quantitative estimate of drug-likeness (QED) is 0.733. The highest BCUT2D eigenvalue weighted by molar-refractivity contribution is 5.24. The molecule has 0 amide bonds. The molecule has 0 saturated heterocycles. The molecule has 1 nitrogen and oxygen atoms in total. The molecule has 70 valence electrons. The van der Waals surface area contributed by atoms with Crippen LogP contribution in [0.3, 0.4) is 0 Å². The van der Waals surface area contributed by atoms with Crippen molar-refractivity contribution in [1.82, 2.24) is 0 Å². The zero-order valence-corrected chi connectivity index (χ0v) is 8.25. The van der Waals surface area contributed by atoms with Gasteiger partial charge in [0.25, 0.3) is 0 Å². The van der Waals surface area contributed by atoms with Crippen molar-refractivity contribution in [2.24, 2.45) is 5.92 Å². The summed E-state index contributed by atoms with van der Waals surface area (Å²) in [5, 5.41) is 9.92. The van der Waals surface area contributed by atoms with Crippen molar-refractivity contribution in [2.45, 2.75) is 32.3 Å². The zero-order valence-electron chi connectivity index (χ0n) is 8.25. The van der Waals surface area contributed by atoms with Crippen molar-refractivity contribution in [1.29, 1.82) is 0 Å². The van der Waals surface area contributed by atoms with Crippen LogP contribution in [0.4, 0.5) is 0 Å². The predicted molar refractivity (Wildman–Crippen MR) is 53.6 cm³/mol. The molecule has 2 unspecified atom stereocenters. The first kappa shape index (κ1) is 8.76. The summed E-state index contributed by atoms with van der Waals surface area (Å²) in [6, 6.07) is 8.42. The minimum atomic E-state index is -0.394. The summed E-state index contributed by atoms with van der Waals surface area (Å²) in [6.07, 6.45) is 1.77. The molecule has 0 spiro atoms. The molecule has 1 fully saturated rings. The van der Waals surface area contributed by atoms with Gasteiger partial charge in [0.05, 0.1) is 5.60 Å². The number of aliphatic hydroxyl groups is 1. The van der Waals surface area contributed by atoms with Crippen LogP contribution in [0, 0.1) is 12.8 Å². The lowest BCUT2D eigenvalue weighted by molar-refractivity contribution is 0.135. The van der Waals surface area contributed by atoms with E-state index in [1.165, 1.54) is 11.1 Å². The maximum atomic E-state index is 9.92. The van der Waals surface area contributed by atoms with Crippen LogP contribution in [0.15, 0.2) is 24.3 Å². The Morgan fingerprint density at radius 1 is 1.38 bits per heavy atom. The number of benzene rings is 1. The number of aryl methyl sites for hydroxylation is 1. The molecule has 1 aliphatic carbocycles. The van der Waals surface area contributed by atoms with Gasteiger partial charge in [-0.2, -0.15) is 0 Å². The first-order valence-electron chi connectivity index (χ1n) is 4.88. The van der Waals surface area contributed by atoms with Gasteiger partial charge in [-0.15, -0.1) is 0 Å². The summed E-state index contributed by atoms with van der Waals surface area (Å²) in [5.74, 6) is 0.480. The standard InChI is InChI=1S/C12H16O/c1-9-3-5-11(6-4-9)8-12(13)7-10(12)2/h3-6,10,13H,7-8H2,1-2H3. The Morgan fingerprint density at radius 2 is 1.92 bits per heavy atom. The fourth-order valence-electron chi connectivity index (χ4n) is 1.78. The molecule has 2 rings (SSSR count). The van der Waals surface area contributed by atoms with Crippen molar-refractivity contribution >= 4 is 0 Å². The summed E-state index contributed by atoms with van der Waals surface area (Å²) < 4.78 is 0. The van der Waals surface area contributed by atoms with Crippen molar-refractivity contribution in [2.75, 3.05) is 0 Å². The minimum absolute atomic E-state index is 0.394. The molecular weight excluding hydrogens is 160 g/mol. The molecule has 0 heterocycles. The van der Waals surface area contributed by atoms with E-state index in [1.54, 1.807) is 0 Å². The summed E-state index contributed by atoms with van der Waals surface area (Å²) in [5.41, 5.74) is 2.13. The van der Waals surface area contributed by atoms with Crippen LogP contribution >= 0.6 is 0 Å². The molecule has 2 atom stereocenters. The third-order valence-electron chi connectivity index (χ3n) is 3.05. The molecule has 1 saturated carbocycles. The van der Waals surface area contributed by atoms with Gasteiger partial charge in [-0.25, -0.2) is 0 Å². The Morgan fingerprint density at radius 3 is 2.38 bits per heavy atom. The first-order chi connectivity index (χ1) is 6.10. The summed E-state index contributed by atoms with van der Waals surface area (Å²) >= 11 is 0. The maximum absolute atomic E-state index is 9.92. The molecule has 0 bridgehead atoms. The Bertz CT molecular complexity index is 301. The lowest BCUT2D eigenvalue weighted by Gasteiger charge is -2.08. The number of hydrogen-bond acceptors (Lipinski definition) is 1. The highest BCUT2D eigenvalue weighted by Gasteiger charge is 2.49. The molecule has 0 aliphatic heterocycles. The largest absolute Gasteiger partial charge is 0.389 e. The van der Waals surface area contributed by atoms with Gasteiger partial charge in [-0.3, -0.25) is 0 Å². The van der Waals surface area contributed by atoms with E-state index >= 15 is 0 Å². The van der Waals surface area contributed by atoms with Gasteiger partial charge in [0.2, 0.25) is 0 Å². The molecule has 1 N–H and O–H groups in total. The van der Waals surface area contributed by atoms with Crippen molar-refractivity contribution in [3.8, 4) is 0 Å². The Labute approximate surface area is 79.4 Å². The molecule has 1 aromatic rings. The fourth-order valence-corrected chi connectivity index (χ4v) is 1.78. The number of rotatable bonds is 2. The summed E-state index contributed by atoms with van der Waals surface area (Å²) in [7, 11) is 0. The lowest BCUT2D eigenvalue weighted by Crippen LogP contribution is -2.13. The highest BCUT2D eigenvalue weighted by Crippen LogP contribution is 2.45. The first-order valence-corrected chi connectivity index (χ1v) is 4.88. The van der Waals surface area contributed by atoms with Crippen LogP contribution in [-0.2, 0) is 6.42 Å². The number of hydrogen-bond donors (Lipinski definition) is 1. The minimum Gasteiger partial charge on any atom is -0.389 e. The van der Waals surface area contributed by atoms with Crippen LogP contribution in [0.25, 0.3) is 0 Å². The SMILES string of the molecule is Cc1ccc(CC2(O)CC2C)cc1. The van der Waals surface area contributed by atoms with Crippen LogP contribution in [0.2, 0.25) is 0 Å². The van der Waals surface area contributed by atoms with E-state index in [0.29, 0.717) is 5.92 Å². The molecule has 0 aromatic heterocycles. The summed E-state index contributed by atoms with van der Waals surface area (Å²) in [4.78, 5) is 0. The predicted octanol–water partition coefficient (Wildman–Crippen LogP) is 2.31. The van der Waals surface area contributed by atoms with Gasteiger partial charge in [0.15, 0.2) is 0 Å². The van der Waals surface area contributed by atoms with E-state index < -0.39 is 5.60 Å². The Balaban J connectivity index is 2.07. The van der Waals surface area contributed by atoms with Crippen molar-refractivity contribution < 1.29 is 5.11 Å². The zero-order chi connectivity index (χ0) is 9.47. The molecule has 1 aromatic carbocycles. The second-order valence-electron chi connectivity index (χ2n) is 4.37. The normalized spacial score (nSPS) is 31.8.